The van der Waals surface area contributed by atoms with Crippen molar-refractivity contribution >= 4 is 0 Å². The Hall–Kier alpha value is -1.74. The Labute approximate surface area is 105 Å². The predicted octanol–water partition coefficient (Wildman–Crippen LogP) is 3.82. The summed E-state index contributed by atoms with van der Waals surface area (Å²) in [6, 6.07) is 12.9. The summed E-state index contributed by atoms with van der Waals surface area (Å²) in [6.07, 6.45) is 0. The van der Waals surface area contributed by atoms with Gasteiger partial charge in [-0.2, -0.15) is 0 Å². The Morgan fingerprint density at radius 3 is 2.33 bits per heavy atom. The lowest BCUT2D eigenvalue weighted by Gasteiger charge is -2.14. The van der Waals surface area contributed by atoms with Gasteiger partial charge in [-0.3, -0.25) is 0 Å². The minimum absolute atomic E-state index is 0.0176. The average Bonchev–Trinajstić information content (AvgIpc) is 2.36. The first-order chi connectivity index (χ1) is 8.65. The third kappa shape index (κ3) is 3.37. The van der Waals surface area contributed by atoms with E-state index in [1.807, 2.05) is 19.1 Å². The van der Waals surface area contributed by atoms with Crippen molar-refractivity contribution in [1.29, 1.82) is 0 Å². The maximum atomic E-state index is 13.1. The first-order valence-electron chi connectivity index (χ1n) is 5.88. The van der Waals surface area contributed by atoms with E-state index in [1.165, 1.54) is 24.3 Å². The topological polar surface area (TPSA) is 12.0 Å². The lowest BCUT2D eigenvalue weighted by Crippen LogP contribution is -2.18. The molecule has 2 aromatic rings. The first-order valence-corrected chi connectivity index (χ1v) is 5.88. The summed E-state index contributed by atoms with van der Waals surface area (Å²) in [6.45, 7) is 2.50. The molecule has 0 saturated carbocycles. The number of hydrogen-bond acceptors (Lipinski definition) is 1. The van der Waals surface area contributed by atoms with Crippen molar-refractivity contribution in [3.05, 3.63) is 71.3 Å². The highest BCUT2D eigenvalue weighted by molar-refractivity contribution is 5.20. The molecule has 0 aliphatic heterocycles. The summed E-state index contributed by atoms with van der Waals surface area (Å²) in [5, 5.41) is 3.24. The van der Waals surface area contributed by atoms with Gasteiger partial charge in [-0.15, -0.1) is 0 Å². The van der Waals surface area contributed by atoms with Gasteiger partial charge in [-0.25, -0.2) is 8.78 Å². The molecule has 2 aromatic carbocycles. The molecule has 0 amide bonds. The van der Waals surface area contributed by atoms with Crippen LogP contribution in [0.25, 0.3) is 0 Å². The van der Waals surface area contributed by atoms with Gasteiger partial charge in [0.15, 0.2) is 0 Å². The Balaban J connectivity index is 1.98. The zero-order valence-electron chi connectivity index (χ0n) is 10.2. The molecule has 0 aliphatic rings. The monoisotopic (exact) mass is 247 g/mol. The average molecular weight is 247 g/mol. The molecule has 0 aliphatic carbocycles. The highest BCUT2D eigenvalue weighted by Crippen LogP contribution is 2.14. The van der Waals surface area contributed by atoms with E-state index < -0.39 is 0 Å². The number of hydrogen-bond donors (Lipinski definition) is 1. The summed E-state index contributed by atoms with van der Waals surface area (Å²) < 4.78 is 26.1. The smallest absolute Gasteiger partial charge is 0.123 e. The SMILES string of the molecule is CC(NCc1cccc(F)c1)c1cccc(F)c1. The molecule has 18 heavy (non-hydrogen) atoms. The van der Waals surface area contributed by atoms with Gasteiger partial charge in [0.05, 0.1) is 0 Å². The summed E-state index contributed by atoms with van der Waals surface area (Å²) in [5.74, 6) is -0.486. The summed E-state index contributed by atoms with van der Waals surface area (Å²) in [5.41, 5.74) is 1.75. The maximum absolute atomic E-state index is 13.1. The van der Waals surface area contributed by atoms with E-state index in [0.29, 0.717) is 6.54 Å². The lowest BCUT2D eigenvalue weighted by molar-refractivity contribution is 0.561. The molecule has 1 unspecified atom stereocenters. The van der Waals surface area contributed by atoms with Crippen LogP contribution in [0.1, 0.15) is 24.1 Å². The van der Waals surface area contributed by atoms with Crippen molar-refractivity contribution in [2.45, 2.75) is 19.5 Å². The molecular formula is C15H15F2N. The standard InChI is InChI=1S/C15H15F2N/c1-11(13-5-3-7-15(17)9-13)18-10-12-4-2-6-14(16)8-12/h2-9,11,18H,10H2,1H3. The van der Waals surface area contributed by atoms with Crippen molar-refractivity contribution in [3.8, 4) is 0 Å². The van der Waals surface area contributed by atoms with Crippen LogP contribution in [-0.4, -0.2) is 0 Å². The zero-order valence-corrected chi connectivity index (χ0v) is 10.2. The molecule has 0 heterocycles. The third-order valence-corrected chi connectivity index (χ3v) is 2.85. The van der Waals surface area contributed by atoms with Crippen molar-refractivity contribution in [1.82, 2.24) is 5.32 Å². The van der Waals surface area contributed by atoms with Gasteiger partial charge >= 0.3 is 0 Å². The van der Waals surface area contributed by atoms with Crippen LogP contribution < -0.4 is 5.32 Å². The minimum Gasteiger partial charge on any atom is -0.306 e. The van der Waals surface area contributed by atoms with Crippen LogP contribution >= 0.6 is 0 Å². The normalized spacial score (nSPS) is 12.4. The van der Waals surface area contributed by atoms with E-state index in [9.17, 15) is 8.78 Å². The fourth-order valence-electron chi connectivity index (χ4n) is 1.81. The van der Waals surface area contributed by atoms with Crippen LogP contribution in [0.15, 0.2) is 48.5 Å². The molecule has 94 valence electrons. The molecular weight excluding hydrogens is 232 g/mol. The fraction of sp³-hybridized carbons (Fsp3) is 0.200. The van der Waals surface area contributed by atoms with E-state index >= 15 is 0 Å². The van der Waals surface area contributed by atoms with Crippen molar-refractivity contribution in [3.63, 3.8) is 0 Å². The zero-order chi connectivity index (χ0) is 13.0. The van der Waals surface area contributed by atoms with Gasteiger partial charge in [0.25, 0.3) is 0 Å². The molecule has 0 aromatic heterocycles. The minimum atomic E-state index is -0.244. The predicted molar refractivity (Wildman–Crippen MR) is 68.1 cm³/mol. The highest BCUT2D eigenvalue weighted by atomic mass is 19.1. The van der Waals surface area contributed by atoms with Gasteiger partial charge in [-0.05, 0) is 42.3 Å². The Bertz CT molecular complexity index is 525. The van der Waals surface area contributed by atoms with Gasteiger partial charge in [0, 0.05) is 12.6 Å². The molecule has 0 fully saturated rings. The summed E-state index contributed by atoms with van der Waals surface area (Å²) in [7, 11) is 0. The van der Waals surface area contributed by atoms with Crippen LogP contribution in [0.2, 0.25) is 0 Å². The number of benzene rings is 2. The number of rotatable bonds is 4. The van der Waals surface area contributed by atoms with Gasteiger partial charge in [0.1, 0.15) is 11.6 Å². The molecule has 3 heteroatoms. The largest absolute Gasteiger partial charge is 0.306 e. The van der Waals surface area contributed by atoms with Gasteiger partial charge < -0.3 is 5.32 Å². The second kappa shape index (κ2) is 5.74. The van der Waals surface area contributed by atoms with E-state index in [2.05, 4.69) is 5.32 Å². The molecule has 0 spiro atoms. The van der Waals surface area contributed by atoms with Crippen molar-refractivity contribution < 1.29 is 8.78 Å². The highest BCUT2D eigenvalue weighted by Gasteiger charge is 2.05. The second-order valence-corrected chi connectivity index (χ2v) is 4.29. The Morgan fingerprint density at radius 2 is 1.67 bits per heavy atom. The summed E-state index contributed by atoms with van der Waals surface area (Å²) >= 11 is 0. The van der Waals surface area contributed by atoms with Crippen molar-refractivity contribution in [2.24, 2.45) is 0 Å². The van der Waals surface area contributed by atoms with Crippen LogP contribution in [0, 0.1) is 11.6 Å². The molecule has 0 bridgehead atoms. The van der Waals surface area contributed by atoms with E-state index in [1.54, 1.807) is 12.1 Å². The van der Waals surface area contributed by atoms with Crippen LogP contribution in [0.3, 0.4) is 0 Å². The van der Waals surface area contributed by atoms with E-state index in [0.717, 1.165) is 11.1 Å². The molecule has 1 atom stereocenters. The molecule has 0 saturated heterocycles. The van der Waals surface area contributed by atoms with Crippen molar-refractivity contribution in [2.75, 3.05) is 0 Å². The maximum Gasteiger partial charge on any atom is 0.123 e. The number of halogens is 2. The molecule has 2 rings (SSSR count). The fourth-order valence-corrected chi connectivity index (χ4v) is 1.81. The second-order valence-electron chi connectivity index (χ2n) is 4.29. The van der Waals surface area contributed by atoms with Gasteiger partial charge in [0.2, 0.25) is 0 Å². The number of nitrogens with one attached hydrogen (secondary N) is 1. The third-order valence-electron chi connectivity index (χ3n) is 2.85. The molecule has 0 radical (unpaired) electrons. The quantitative estimate of drug-likeness (QED) is 0.866. The van der Waals surface area contributed by atoms with Gasteiger partial charge in [-0.1, -0.05) is 24.3 Å². The van der Waals surface area contributed by atoms with Crippen LogP contribution in [-0.2, 0) is 6.54 Å². The Kier molecular flexibility index (Phi) is 4.05. The first kappa shape index (κ1) is 12.7. The lowest BCUT2D eigenvalue weighted by atomic mass is 10.1. The van der Waals surface area contributed by atoms with Crippen LogP contribution in [0.4, 0.5) is 8.78 Å². The molecule has 1 nitrogen and oxygen atoms in total. The van der Waals surface area contributed by atoms with Crippen LogP contribution in [0.5, 0.6) is 0 Å². The Morgan fingerprint density at radius 1 is 1.00 bits per heavy atom. The molecule has 1 N–H and O–H groups in total. The summed E-state index contributed by atoms with van der Waals surface area (Å²) in [4.78, 5) is 0. The van der Waals surface area contributed by atoms with E-state index in [-0.39, 0.29) is 17.7 Å². The van der Waals surface area contributed by atoms with E-state index in [4.69, 9.17) is 0 Å².